The van der Waals surface area contributed by atoms with E-state index in [9.17, 15) is 17.6 Å². The lowest BCUT2D eigenvalue weighted by Crippen LogP contribution is -2.35. The normalized spacial score (nSPS) is 13.3. The molecule has 0 aromatic heterocycles. The van der Waals surface area contributed by atoms with Gasteiger partial charge in [0.15, 0.2) is 0 Å². The minimum Gasteiger partial charge on any atom is -0.370 e. The molecule has 1 rings (SSSR count). The summed E-state index contributed by atoms with van der Waals surface area (Å²) in [5.74, 6) is -1.30. The number of sulfonamides is 1. The molecule has 1 aromatic rings. The summed E-state index contributed by atoms with van der Waals surface area (Å²) in [6.45, 7) is 1.50. The van der Waals surface area contributed by atoms with Crippen LogP contribution in [0.4, 0.5) is 4.39 Å². The molecule has 5 nitrogen and oxygen atoms in total. The molecular formula is C10H12BrFN2O3S. The highest BCUT2D eigenvalue weighted by molar-refractivity contribution is 9.10. The summed E-state index contributed by atoms with van der Waals surface area (Å²) in [4.78, 5) is 10.4. The average Bonchev–Trinajstić information content (AvgIpc) is 2.19. The summed E-state index contributed by atoms with van der Waals surface area (Å²) >= 11 is 2.93. The second-order valence-electron chi connectivity index (χ2n) is 3.77. The predicted molar refractivity (Wildman–Crippen MR) is 67.7 cm³/mol. The Hall–Kier alpha value is -0.990. The average molecular weight is 339 g/mol. The molecule has 1 unspecified atom stereocenters. The van der Waals surface area contributed by atoms with Crippen molar-refractivity contribution < 1.29 is 17.6 Å². The molecule has 0 aliphatic heterocycles. The van der Waals surface area contributed by atoms with Crippen molar-refractivity contribution in [2.24, 2.45) is 5.73 Å². The van der Waals surface area contributed by atoms with E-state index in [-0.39, 0.29) is 15.8 Å². The topological polar surface area (TPSA) is 89.3 Å². The number of benzene rings is 1. The number of carbonyl (C=O) groups is 1. The number of rotatable bonds is 5. The van der Waals surface area contributed by atoms with Crippen LogP contribution in [0.2, 0.25) is 0 Å². The molecular weight excluding hydrogens is 327 g/mol. The smallest absolute Gasteiger partial charge is 0.240 e. The molecule has 0 bridgehead atoms. The van der Waals surface area contributed by atoms with E-state index in [1.807, 2.05) is 0 Å². The molecule has 1 aromatic carbocycles. The summed E-state index contributed by atoms with van der Waals surface area (Å²) in [6, 6.07) is 2.79. The number of amides is 1. The molecule has 0 saturated heterocycles. The maximum atomic E-state index is 13.2. The third-order valence-corrected chi connectivity index (χ3v) is 4.30. The first kappa shape index (κ1) is 15.1. The largest absolute Gasteiger partial charge is 0.370 e. The third-order valence-electron chi connectivity index (χ3n) is 2.07. The van der Waals surface area contributed by atoms with E-state index in [4.69, 9.17) is 5.73 Å². The van der Waals surface area contributed by atoms with Gasteiger partial charge in [0.25, 0.3) is 0 Å². The lowest BCUT2D eigenvalue weighted by atomic mass is 10.2. The summed E-state index contributed by atoms with van der Waals surface area (Å²) in [6.07, 6.45) is -0.127. The molecule has 1 atom stereocenters. The van der Waals surface area contributed by atoms with Crippen molar-refractivity contribution in [1.29, 1.82) is 0 Å². The van der Waals surface area contributed by atoms with Gasteiger partial charge in [-0.05, 0) is 41.1 Å². The van der Waals surface area contributed by atoms with Crippen LogP contribution in [0.5, 0.6) is 0 Å². The first-order valence-electron chi connectivity index (χ1n) is 4.98. The molecule has 8 heteroatoms. The lowest BCUT2D eigenvalue weighted by molar-refractivity contribution is -0.118. The Balaban J connectivity index is 2.92. The highest BCUT2D eigenvalue weighted by Crippen LogP contribution is 2.19. The Labute approximate surface area is 113 Å². The molecule has 0 saturated carbocycles. The van der Waals surface area contributed by atoms with E-state index >= 15 is 0 Å². The van der Waals surface area contributed by atoms with Gasteiger partial charge in [0.2, 0.25) is 15.9 Å². The summed E-state index contributed by atoms with van der Waals surface area (Å²) in [7, 11) is -3.86. The van der Waals surface area contributed by atoms with E-state index in [2.05, 4.69) is 20.7 Å². The van der Waals surface area contributed by atoms with Crippen molar-refractivity contribution in [3.63, 3.8) is 0 Å². The van der Waals surface area contributed by atoms with Gasteiger partial charge in [-0.3, -0.25) is 4.79 Å². The fraction of sp³-hybridized carbons (Fsp3) is 0.300. The number of primary amides is 1. The van der Waals surface area contributed by atoms with E-state index in [0.717, 1.165) is 6.07 Å². The van der Waals surface area contributed by atoms with Crippen LogP contribution in [0, 0.1) is 5.82 Å². The van der Waals surface area contributed by atoms with Crippen molar-refractivity contribution in [1.82, 2.24) is 4.72 Å². The van der Waals surface area contributed by atoms with Gasteiger partial charge in [-0.25, -0.2) is 17.5 Å². The van der Waals surface area contributed by atoms with Gasteiger partial charge in [0, 0.05) is 12.5 Å². The standard InChI is InChI=1S/C10H12BrFN2O3S/c1-6(4-10(13)15)14-18(16,17)7-2-3-8(11)9(12)5-7/h2-3,5-6,14H,4H2,1H3,(H2,13,15). The van der Waals surface area contributed by atoms with Crippen LogP contribution in [0.1, 0.15) is 13.3 Å². The van der Waals surface area contributed by atoms with Crippen LogP contribution in [-0.4, -0.2) is 20.4 Å². The molecule has 1 amide bonds. The van der Waals surface area contributed by atoms with Crippen LogP contribution in [0.3, 0.4) is 0 Å². The Bertz CT molecular complexity index is 562. The maximum Gasteiger partial charge on any atom is 0.240 e. The summed E-state index contributed by atoms with van der Waals surface area (Å²) < 4.78 is 39.3. The van der Waals surface area contributed by atoms with Crippen molar-refractivity contribution in [3.05, 3.63) is 28.5 Å². The van der Waals surface area contributed by atoms with Crippen molar-refractivity contribution in [2.45, 2.75) is 24.3 Å². The number of nitrogens with one attached hydrogen (secondary N) is 1. The van der Waals surface area contributed by atoms with Crippen LogP contribution in [-0.2, 0) is 14.8 Å². The highest BCUT2D eigenvalue weighted by Gasteiger charge is 2.19. The van der Waals surface area contributed by atoms with Gasteiger partial charge in [-0.2, -0.15) is 0 Å². The predicted octanol–water partition coefficient (Wildman–Crippen LogP) is 1.13. The zero-order valence-corrected chi connectivity index (χ0v) is 11.9. The van der Waals surface area contributed by atoms with E-state index in [0.29, 0.717) is 0 Å². The number of halogens is 2. The van der Waals surface area contributed by atoms with E-state index in [1.54, 1.807) is 0 Å². The van der Waals surface area contributed by atoms with E-state index in [1.165, 1.54) is 19.1 Å². The first-order chi connectivity index (χ1) is 8.22. The maximum absolute atomic E-state index is 13.2. The number of carbonyl (C=O) groups excluding carboxylic acids is 1. The monoisotopic (exact) mass is 338 g/mol. The molecule has 100 valence electrons. The van der Waals surface area contributed by atoms with Crippen molar-refractivity contribution >= 4 is 31.9 Å². The highest BCUT2D eigenvalue weighted by atomic mass is 79.9. The Morgan fingerprint density at radius 3 is 2.67 bits per heavy atom. The minimum atomic E-state index is -3.86. The molecule has 0 spiro atoms. The number of nitrogens with two attached hydrogens (primary N) is 1. The molecule has 18 heavy (non-hydrogen) atoms. The fourth-order valence-corrected chi connectivity index (χ4v) is 2.82. The lowest BCUT2D eigenvalue weighted by Gasteiger charge is -2.12. The summed E-state index contributed by atoms with van der Waals surface area (Å²) in [5, 5.41) is 0. The molecule has 0 fully saturated rings. The zero-order chi connectivity index (χ0) is 13.9. The SMILES string of the molecule is CC(CC(N)=O)NS(=O)(=O)c1ccc(Br)c(F)c1. The van der Waals surface area contributed by atoms with Gasteiger partial charge in [0.1, 0.15) is 5.82 Å². The van der Waals surface area contributed by atoms with Gasteiger partial charge < -0.3 is 5.73 Å². The quantitative estimate of drug-likeness (QED) is 0.843. The molecule has 0 radical (unpaired) electrons. The van der Waals surface area contributed by atoms with Gasteiger partial charge in [0.05, 0.1) is 9.37 Å². The van der Waals surface area contributed by atoms with Crippen LogP contribution < -0.4 is 10.5 Å². The number of hydrogen-bond donors (Lipinski definition) is 2. The van der Waals surface area contributed by atoms with Crippen LogP contribution in [0.15, 0.2) is 27.6 Å². The molecule has 0 heterocycles. The van der Waals surface area contributed by atoms with E-state index < -0.39 is 27.8 Å². The Morgan fingerprint density at radius 1 is 1.56 bits per heavy atom. The first-order valence-corrected chi connectivity index (χ1v) is 7.25. The molecule has 0 aliphatic rings. The fourth-order valence-electron chi connectivity index (χ4n) is 1.32. The number of hydrogen-bond acceptors (Lipinski definition) is 3. The van der Waals surface area contributed by atoms with Crippen molar-refractivity contribution in [3.8, 4) is 0 Å². The van der Waals surface area contributed by atoms with Crippen LogP contribution >= 0.6 is 15.9 Å². The minimum absolute atomic E-state index is 0.127. The molecule has 0 aliphatic carbocycles. The van der Waals surface area contributed by atoms with Crippen molar-refractivity contribution in [2.75, 3.05) is 0 Å². The van der Waals surface area contributed by atoms with Gasteiger partial charge in [-0.15, -0.1) is 0 Å². The Kier molecular flexibility index (Phi) is 4.83. The Morgan fingerprint density at radius 2 is 2.17 bits per heavy atom. The molecule has 3 N–H and O–H groups in total. The second-order valence-corrected chi connectivity index (χ2v) is 6.34. The zero-order valence-electron chi connectivity index (χ0n) is 9.48. The van der Waals surface area contributed by atoms with Gasteiger partial charge >= 0.3 is 0 Å². The third kappa shape index (κ3) is 4.04. The van der Waals surface area contributed by atoms with Gasteiger partial charge in [-0.1, -0.05) is 0 Å². The van der Waals surface area contributed by atoms with Crippen LogP contribution in [0.25, 0.3) is 0 Å². The second kappa shape index (κ2) is 5.77. The summed E-state index contributed by atoms with van der Waals surface area (Å²) in [5.41, 5.74) is 4.95.